The number of rotatable bonds is 5. The smallest absolute Gasteiger partial charge is 0.306 e. The summed E-state index contributed by atoms with van der Waals surface area (Å²) in [6.07, 6.45) is 2.49. The quantitative estimate of drug-likeness (QED) is 0.635. The fourth-order valence-electron chi connectivity index (χ4n) is 1.24. The van der Waals surface area contributed by atoms with Gasteiger partial charge in [-0.2, -0.15) is 0 Å². The van der Waals surface area contributed by atoms with Crippen molar-refractivity contribution in [3.8, 4) is 0 Å². The van der Waals surface area contributed by atoms with Gasteiger partial charge in [-0.05, 0) is 6.07 Å². The second kappa shape index (κ2) is 4.66. The lowest BCUT2D eigenvalue weighted by Gasteiger charge is -2.20. The van der Waals surface area contributed by atoms with E-state index in [4.69, 9.17) is 5.11 Å². The van der Waals surface area contributed by atoms with Crippen LogP contribution in [-0.2, 0) is 4.79 Å². The number of hydrogen-bond donors (Lipinski definition) is 3. The van der Waals surface area contributed by atoms with Gasteiger partial charge in [0.1, 0.15) is 0 Å². The van der Waals surface area contributed by atoms with Crippen LogP contribution in [0.25, 0.3) is 0 Å². The van der Waals surface area contributed by atoms with Crippen LogP contribution in [0.15, 0.2) is 18.5 Å². The Morgan fingerprint density at radius 2 is 2.43 bits per heavy atom. The van der Waals surface area contributed by atoms with Gasteiger partial charge in [0, 0.05) is 26.0 Å². The van der Waals surface area contributed by atoms with E-state index in [9.17, 15) is 9.90 Å². The van der Waals surface area contributed by atoms with Crippen LogP contribution in [0.3, 0.4) is 0 Å². The van der Waals surface area contributed by atoms with E-state index in [1.807, 2.05) is 6.07 Å². The van der Waals surface area contributed by atoms with Crippen LogP contribution in [0.1, 0.15) is 6.42 Å². The predicted octanol–water partition coefficient (Wildman–Crippen LogP) is 0.286. The molecule has 1 heterocycles. The zero-order valence-corrected chi connectivity index (χ0v) is 7.97. The molecular formula is C9H14N2O3. The van der Waals surface area contributed by atoms with Gasteiger partial charge in [-0.1, -0.05) is 0 Å². The molecule has 5 nitrogen and oxygen atoms in total. The van der Waals surface area contributed by atoms with E-state index < -0.39 is 12.1 Å². The summed E-state index contributed by atoms with van der Waals surface area (Å²) in [5.74, 6) is -0.986. The number of aliphatic hydroxyl groups is 1. The molecule has 0 fully saturated rings. The summed E-state index contributed by atoms with van der Waals surface area (Å²) in [5, 5.41) is 17.8. The number of aliphatic carboxylic acids is 1. The first-order chi connectivity index (χ1) is 6.59. The number of carboxylic acid groups (broad SMARTS) is 1. The van der Waals surface area contributed by atoms with Crippen molar-refractivity contribution in [3.63, 3.8) is 0 Å². The van der Waals surface area contributed by atoms with E-state index in [0.717, 1.165) is 5.69 Å². The van der Waals surface area contributed by atoms with Crippen molar-refractivity contribution in [2.24, 2.45) is 0 Å². The number of nitrogens with zero attached hydrogens (tertiary/aromatic N) is 1. The monoisotopic (exact) mass is 198 g/mol. The first-order valence-electron chi connectivity index (χ1n) is 4.33. The Morgan fingerprint density at radius 3 is 2.93 bits per heavy atom. The fourth-order valence-corrected chi connectivity index (χ4v) is 1.24. The van der Waals surface area contributed by atoms with Gasteiger partial charge in [0.25, 0.3) is 0 Å². The minimum absolute atomic E-state index is 0.227. The number of aromatic nitrogens is 1. The van der Waals surface area contributed by atoms with Crippen molar-refractivity contribution in [1.82, 2.24) is 4.98 Å². The molecule has 5 heteroatoms. The van der Waals surface area contributed by atoms with E-state index >= 15 is 0 Å². The maximum absolute atomic E-state index is 10.3. The van der Waals surface area contributed by atoms with Gasteiger partial charge < -0.3 is 20.1 Å². The Bertz CT molecular complexity index is 284. The van der Waals surface area contributed by atoms with E-state index in [-0.39, 0.29) is 6.42 Å². The highest BCUT2D eigenvalue weighted by Crippen LogP contribution is 2.10. The maximum atomic E-state index is 10.3. The molecular weight excluding hydrogens is 184 g/mol. The van der Waals surface area contributed by atoms with Crippen LogP contribution in [0.5, 0.6) is 0 Å². The van der Waals surface area contributed by atoms with Gasteiger partial charge in [-0.3, -0.25) is 4.79 Å². The van der Waals surface area contributed by atoms with Gasteiger partial charge >= 0.3 is 5.97 Å². The fraction of sp³-hybridized carbons (Fsp3) is 0.444. The number of anilines is 1. The number of likely N-dealkylation sites (N-methyl/N-ethyl adjacent to an activating group) is 1. The number of nitrogens with one attached hydrogen (secondary N) is 1. The maximum Gasteiger partial charge on any atom is 0.306 e. The van der Waals surface area contributed by atoms with Gasteiger partial charge in [0.2, 0.25) is 0 Å². The van der Waals surface area contributed by atoms with Crippen LogP contribution in [-0.4, -0.2) is 40.9 Å². The SMILES string of the molecule is CN(CC(O)CC(=O)O)c1cc[nH]c1. The number of carbonyl (C=O) groups is 1. The van der Waals surface area contributed by atoms with Crippen molar-refractivity contribution in [1.29, 1.82) is 0 Å². The number of carboxylic acids is 1. The third-order valence-electron chi connectivity index (χ3n) is 1.92. The highest BCUT2D eigenvalue weighted by atomic mass is 16.4. The second-order valence-corrected chi connectivity index (χ2v) is 3.20. The molecule has 1 unspecified atom stereocenters. The summed E-state index contributed by atoms with van der Waals surface area (Å²) >= 11 is 0. The van der Waals surface area contributed by atoms with Gasteiger partial charge in [-0.25, -0.2) is 0 Å². The van der Waals surface area contributed by atoms with Gasteiger partial charge in [-0.15, -0.1) is 0 Å². The van der Waals surface area contributed by atoms with Crippen LogP contribution in [0.4, 0.5) is 5.69 Å². The molecule has 1 aromatic heterocycles. The summed E-state index contributed by atoms with van der Waals surface area (Å²) in [7, 11) is 1.80. The number of H-pyrrole nitrogens is 1. The summed E-state index contributed by atoms with van der Waals surface area (Å²) < 4.78 is 0. The molecule has 0 spiro atoms. The predicted molar refractivity (Wildman–Crippen MR) is 52.3 cm³/mol. The van der Waals surface area contributed by atoms with E-state index in [1.165, 1.54) is 0 Å². The molecule has 0 bridgehead atoms. The Kier molecular flexibility index (Phi) is 3.53. The third-order valence-corrected chi connectivity index (χ3v) is 1.92. The molecule has 0 aliphatic heterocycles. The lowest BCUT2D eigenvalue weighted by molar-refractivity contribution is -0.139. The molecule has 1 atom stereocenters. The van der Waals surface area contributed by atoms with Crippen molar-refractivity contribution >= 4 is 11.7 Å². The standard InChI is InChI=1S/C9H14N2O3/c1-11(7-2-3-10-5-7)6-8(12)4-9(13)14/h2-3,5,8,10,12H,4,6H2,1H3,(H,13,14). The second-order valence-electron chi connectivity index (χ2n) is 3.20. The number of aromatic amines is 1. The molecule has 0 saturated heterocycles. The van der Waals surface area contributed by atoms with E-state index in [0.29, 0.717) is 6.54 Å². The molecule has 0 aliphatic carbocycles. The van der Waals surface area contributed by atoms with Crippen LogP contribution < -0.4 is 4.90 Å². The Balaban J connectivity index is 2.41. The van der Waals surface area contributed by atoms with Crippen LogP contribution >= 0.6 is 0 Å². The molecule has 3 N–H and O–H groups in total. The Morgan fingerprint density at radius 1 is 1.71 bits per heavy atom. The Labute approximate surface area is 82.0 Å². The average molecular weight is 198 g/mol. The van der Waals surface area contributed by atoms with Crippen molar-refractivity contribution in [2.45, 2.75) is 12.5 Å². The minimum atomic E-state index is -0.986. The summed E-state index contributed by atoms with van der Waals surface area (Å²) in [6.45, 7) is 0.310. The first kappa shape index (κ1) is 10.6. The first-order valence-corrected chi connectivity index (χ1v) is 4.33. The van der Waals surface area contributed by atoms with Crippen LogP contribution in [0, 0.1) is 0 Å². The summed E-state index contributed by atoms with van der Waals surface area (Å²) in [5.41, 5.74) is 0.925. The largest absolute Gasteiger partial charge is 0.481 e. The summed E-state index contributed by atoms with van der Waals surface area (Å²) in [4.78, 5) is 15.0. The molecule has 0 radical (unpaired) electrons. The van der Waals surface area contributed by atoms with Crippen molar-refractivity contribution < 1.29 is 15.0 Å². The average Bonchev–Trinajstić information content (AvgIpc) is 2.53. The minimum Gasteiger partial charge on any atom is -0.481 e. The number of aliphatic hydroxyl groups excluding tert-OH is 1. The zero-order chi connectivity index (χ0) is 10.6. The molecule has 1 rings (SSSR count). The van der Waals surface area contributed by atoms with E-state index in [2.05, 4.69) is 4.98 Å². The topological polar surface area (TPSA) is 76.6 Å². The highest BCUT2D eigenvalue weighted by molar-refractivity contribution is 5.67. The Hall–Kier alpha value is -1.49. The summed E-state index contributed by atoms with van der Waals surface area (Å²) in [6, 6.07) is 1.85. The molecule has 14 heavy (non-hydrogen) atoms. The van der Waals surface area contributed by atoms with Crippen molar-refractivity contribution in [3.05, 3.63) is 18.5 Å². The third kappa shape index (κ3) is 3.10. The van der Waals surface area contributed by atoms with Gasteiger partial charge in [0.15, 0.2) is 0 Å². The normalized spacial score (nSPS) is 12.4. The van der Waals surface area contributed by atoms with Crippen molar-refractivity contribution in [2.75, 3.05) is 18.5 Å². The molecule has 0 amide bonds. The van der Waals surface area contributed by atoms with Crippen LogP contribution in [0.2, 0.25) is 0 Å². The molecule has 1 aromatic rings. The lowest BCUT2D eigenvalue weighted by atomic mass is 10.2. The van der Waals surface area contributed by atoms with E-state index in [1.54, 1.807) is 24.3 Å². The molecule has 0 aliphatic rings. The molecule has 78 valence electrons. The molecule has 0 aromatic carbocycles. The van der Waals surface area contributed by atoms with Gasteiger partial charge in [0.05, 0.1) is 18.2 Å². The highest BCUT2D eigenvalue weighted by Gasteiger charge is 2.12. The molecule has 0 saturated carbocycles. The lowest BCUT2D eigenvalue weighted by Crippen LogP contribution is -2.30. The number of hydrogen-bond acceptors (Lipinski definition) is 3. The zero-order valence-electron chi connectivity index (χ0n) is 7.97.